The highest BCUT2D eigenvalue weighted by Crippen LogP contribution is 2.29. The van der Waals surface area contributed by atoms with Crippen LogP contribution >= 0.6 is 23.2 Å². The highest BCUT2D eigenvalue weighted by Gasteiger charge is 2.10. The third-order valence-corrected chi connectivity index (χ3v) is 3.05. The summed E-state index contributed by atoms with van der Waals surface area (Å²) in [5, 5.41) is 21.1. The number of pyridine rings is 1. The van der Waals surface area contributed by atoms with Gasteiger partial charge in [-0.05, 0) is 24.3 Å². The Balaban J connectivity index is 2.35. The maximum atomic E-state index is 10.8. The van der Waals surface area contributed by atoms with Crippen LogP contribution in [0.15, 0.2) is 30.5 Å². The van der Waals surface area contributed by atoms with Crippen LogP contribution in [0.1, 0.15) is 15.9 Å². The molecule has 2 rings (SSSR count). The van der Waals surface area contributed by atoms with Gasteiger partial charge in [-0.1, -0.05) is 23.2 Å². The molecular weight excluding hydrogens is 301 g/mol. The number of benzene rings is 1. The number of aromatic carboxylic acids is 1. The number of anilines is 2. The second-order valence-corrected chi connectivity index (χ2v) is 4.61. The lowest BCUT2D eigenvalue weighted by molar-refractivity contribution is 0.0696. The average molecular weight is 308 g/mol. The van der Waals surface area contributed by atoms with E-state index in [1.165, 1.54) is 12.3 Å². The lowest BCUT2D eigenvalue weighted by Crippen LogP contribution is -2.01. The molecule has 0 bridgehead atoms. The minimum Gasteiger partial charge on any atom is -0.478 e. The van der Waals surface area contributed by atoms with E-state index in [2.05, 4.69) is 10.3 Å². The molecule has 2 N–H and O–H groups in total. The zero-order valence-electron chi connectivity index (χ0n) is 9.89. The molecule has 0 fully saturated rings. The van der Waals surface area contributed by atoms with E-state index in [0.29, 0.717) is 16.3 Å². The molecule has 20 heavy (non-hydrogen) atoms. The number of nitriles is 1. The van der Waals surface area contributed by atoms with Crippen LogP contribution in [-0.2, 0) is 0 Å². The Bertz CT molecular complexity index is 726. The summed E-state index contributed by atoms with van der Waals surface area (Å²) in [5.41, 5.74) is 0.871. The fourth-order valence-electron chi connectivity index (χ4n) is 1.47. The van der Waals surface area contributed by atoms with Gasteiger partial charge in [0.1, 0.15) is 5.82 Å². The molecule has 0 radical (unpaired) electrons. The van der Waals surface area contributed by atoms with Gasteiger partial charge in [0, 0.05) is 6.20 Å². The molecule has 0 atom stereocenters. The molecular formula is C13H7Cl2N3O2. The smallest absolute Gasteiger partial charge is 0.337 e. The molecule has 5 nitrogen and oxygen atoms in total. The number of carboxylic acids is 1. The first-order chi connectivity index (χ1) is 9.51. The average Bonchev–Trinajstić information content (AvgIpc) is 2.43. The van der Waals surface area contributed by atoms with Gasteiger partial charge in [-0.3, -0.25) is 0 Å². The summed E-state index contributed by atoms with van der Waals surface area (Å²) >= 11 is 12.0. The molecule has 100 valence electrons. The topological polar surface area (TPSA) is 86.0 Å². The first kappa shape index (κ1) is 14.1. The van der Waals surface area contributed by atoms with Gasteiger partial charge in [-0.25, -0.2) is 9.78 Å². The highest BCUT2D eigenvalue weighted by atomic mass is 35.5. The van der Waals surface area contributed by atoms with E-state index >= 15 is 0 Å². The van der Waals surface area contributed by atoms with Gasteiger partial charge in [0.05, 0.1) is 32.9 Å². The van der Waals surface area contributed by atoms with Gasteiger partial charge in [-0.2, -0.15) is 5.26 Å². The van der Waals surface area contributed by atoms with Crippen LogP contribution < -0.4 is 5.32 Å². The van der Waals surface area contributed by atoms with Gasteiger partial charge >= 0.3 is 5.97 Å². The van der Waals surface area contributed by atoms with Crippen molar-refractivity contribution in [3.63, 3.8) is 0 Å². The highest BCUT2D eigenvalue weighted by molar-refractivity contribution is 6.34. The number of rotatable bonds is 3. The molecule has 7 heteroatoms. The minimum atomic E-state index is -1.12. The number of nitrogens with zero attached hydrogens (tertiary/aromatic N) is 2. The molecule has 2 aromatic rings. The van der Waals surface area contributed by atoms with E-state index in [-0.39, 0.29) is 16.4 Å². The SMILES string of the molecule is N#Cc1ccc(Cl)c(Nc2ncc(C(=O)O)cc2Cl)c1. The molecule has 0 spiro atoms. The summed E-state index contributed by atoms with van der Waals surface area (Å²) in [5.74, 6) is -0.857. The zero-order chi connectivity index (χ0) is 14.7. The van der Waals surface area contributed by atoms with E-state index < -0.39 is 5.97 Å². The monoisotopic (exact) mass is 307 g/mol. The molecule has 0 aliphatic heterocycles. The van der Waals surface area contributed by atoms with Gasteiger partial charge in [0.15, 0.2) is 0 Å². The van der Waals surface area contributed by atoms with E-state index in [0.717, 1.165) is 0 Å². The summed E-state index contributed by atoms with van der Waals surface area (Å²) < 4.78 is 0. The Morgan fingerprint density at radius 2 is 2.05 bits per heavy atom. The second kappa shape index (κ2) is 5.78. The van der Waals surface area contributed by atoms with E-state index in [1.54, 1.807) is 18.2 Å². The number of halogens is 2. The van der Waals surface area contributed by atoms with Gasteiger partial charge < -0.3 is 10.4 Å². The maximum Gasteiger partial charge on any atom is 0.337 e. The molecule has 1 heterocycles. The lowest BCUT2D eigenvalue weighted by atomic mass is 10.2. The number of carbonyl (C=O) groups is 1. The molecule has 0 saturated heterocycles. The van der Waals surface area contributed by atoms with Crippen molar-refractivity contribution in [1.82, 2.24) is 4.98 Å². The van der Waals surface area contributed by atoms with Gasteiger partial charge in [-0.15, -0.1) is 0 Å². The minimum absolute atomic E-state index is 0.0163. The van der Waals surface area contributed by atoms with Crippen molar-refractivity contribution in [3.05, 3.63) is 51.6 Å². The molecule has 0 aliphatic rings. The number of carboxylic acid groups (broad SMARTS) is 1. The standard InChI is InChI=1S/C13H7Cl2N3O2/c14-9-2-1-7(5-16)3-11(9)18-12-10(15)4-8(6-17-12)13(19)20/h1-4,6H,(H,17,18)(H,19,20). The van der Waals surface area contributed by atoms with Gasteiger partial charge in [0.25, 0.3) is 0 Å². The number of nitrogens with one attached hydrogen (secondary N) is 1. The first-order valence-electron chi connectivity index (χ1n) is 5.37. The number of aromatic nitrogens is 1. The summed E-state index contributed by atoms with van der Waals surface area (Å²) in [7, 11) is 0. The number of hydrogen-bond acceptors (Lipinski definition) is 4. The summed E-state index contributed by atoms with van der Waals surface area (Å²) in [6.45, 7) is 0. The van der Waals surface area contributed by atoms with Crippen molar-refractivity contribution in [2.75, 3.05) is 5.32 Å². The van der Waals surface area contributed by atoms with Crippen molar-refractivity contribution in [2.24, 2.45) is 0 Å². The third kappa shape index (κ3) is 2.99. The Labute approximate surface area is 124 Å². The van der Waals surface area contributed by atoms with Crippen molar-refractivity contribution in [3.8, 4) is 6.07 Å². The largest absolute Gasteiger partial charge is 0.478 e. The molecule has 0 amide bonds. The van der Waals surface area contributed by atoms with Crippen LogP contribution in [0.5, 0.6) is 0 Å². The van der Waals surface area contributed by atoms with Crippen molar-refractivity contribution < 1.29 is 9.90 Å². The Morgan fingerprint density at radius 3 is 2.65 bits per heavy atom. The fraction of sp³-hybridized carbons (Fsp3) is 0. The predicted molar refractivity (Wildman–Crippen MR) is 75.7 cm³/mol. The Kier molecular flexibility index (Phi) is 4.08. The third-order valence-electron chi connectivity index (χ3n) is 2.44. The van der Waals surface area contributed by atoms with Crippen LogP contribution in [-0.4, -0.2) is 16.1 Å². The predicted octanol–water partition coefficient (Wildman–Crippen LogP) is 3.70. The molecule has 0 saturated carbocycles. The van der Waals surface area contributed by atoms with Crippen LogP contribution in [0, 0.1) is 11.3 Å². The molecule has 0 aliphatic carbocycles. The normalized spacial score (nSPS) is 9.85. The number of hydrogen-bond donors (Lipinski definition) is 2. The van der Waals surface area contributed by atoms with Crippen LogP contribution in [0.4, 0.5) is 11.5 Å². The maximum absolute atomic E-state index is 10.8. The van der Waals surface area contributed by atoms with E-state index in [1.807, 2.05) is 6.07 Å². The second-order valence-electron chi connectivity index (χ2n) is 3.79. The van der Waals surface area contributed by atoms with Crippen molar-refractivity contribution >= 4 is 40.7 Å². The molecule has 0 unspecified atom stereocenters. The summed E-state index contributed by atoms with van der Waals surface area (Å²) in [4.78, 5) is 14.7. The molecule has 1 aromatic heterocycles. The fourth-order valence-corrected chi connectivity index (χ4v) is 1.84. The summed E-state index contributed by atoms with van der Waals surface area (Å²) in [6.07, 6.45) is 1.18. The van der Waals surface area contributed by atoms with Crippen LogP contribution in [0.3, 0.4) is 0 Å². The first-order valence-corrected chi connectivity index (χ1v) is 6.12. The molecule has 1 aromatic carbocycles. The van der Waals surface area contributed by atoms with Crippen LogP contribution in [0.25, 0.3) is 0 Å². The Morgan fingerprint density at radius 1 is 1.30 bits per heavy atom. The van der Waals surface area contributed by atoms with E-state index in [4.69, 9.17) is 33.6 Å². The van der Waals surface area contributed by atoms with Gasteiger partial charge in [0.2, 0.25) is 0 Å². The lowest BCUT2D eigenvalue weighted by Gasteiger charge is -2.09. The quantitative estimate of drug-likeness (QED) is 0.903. The zero-order valence-corrected chi connectivity index (χ0v) is 11.4. The summed E-state index contributed by atoms with van der Waals surface area (Å²) in [6, 6.07) is 7.97. The van der Waals surface area contributed by atoms with Crippen LogP contribution in [0.2, 0.25) is 10.0 Å². The van der Waals surface area contributed by atoms with Crippen molar-refractivity contribution in [1.29, 1.82) is 5.26 Å². The van der Waals surface area contributed by atoms with Crippen molar-refractivity contribution in [2.45, 2.75) is 0 Å². The van der Waals surface area contributed by atoms with E-state index in [9.17, 15) is 4.79 Å². The Hall–Kier alpha value is -2.29.